The molecule has 0 amide bonds. The molecule has 0 aliphatic carbocycles. The third kappa shape index (κ3) is 7.48. The Morgan fingerprint density at radius 1 is 0.778 bits per heavy atom. The molecule has 0 saturated carbocycles. The first-order chi connectivity index (χ1) is 17.4. The van der Waals surface area contributed by atoms with Crippen LogP contribution in [-0.4, -0.2) is 71.7 Å². The molecule has 194 valence electrons. The molecule has 0 saturated heterocycles. The van der Waals surface area contributed by atoms with Crippen molar-refractivity contribution in [2.45, 2.75) is 66.2 Å². The first-order valence-electron chi connectivity index (χ1n) is 13.3. The summed E-state index contributed by atoms with van der Waals surface area (Å²) in [4.78, 5) is 23.5. The number of benzene rings is 2. The zero-order valence-electron chi connectivity index (χ0n) is 22.2. The van der Waals surface area contributed by atoms with E-state index in [1.165, 1.54) is 8.87 Å². The second-order valence-corrected chi connectivity index (χ2v) is 27.1. The molecular weight excluding hydrogens is 666 g/mol. The van der Waals surface area contributed by atoms with Crippen molar-refractivity contribution in [3.05, 3.63) is 47.5 Å². The van der Waals surface area contributed by atoms with Crippen molar-refractivity contribution in [3.8, 4) is 23.0 Å². The van der Waals surface area contributed by atoms with Crippen molar-refractivity contribution < 1.29 is 23.7 Å². The second kappa shape index (κ2) is 13.6. The summed E-state index contributed by atoms with van der Waals surface area (Å²) < 4.78 is 26.6. The quantitative estimate of drug-likeness (QED) is 0.181. The molecule has 5 nitrogen and oxygen atoms in total. The summed E-state index contributed by atoms with van der Waals surface area (Å²) in [6.07, 6.45) is 3.66. The summed E-state index contributed by atoms with van der Waals surface area (Å²) in [6, 6.07) is 12.0. The van der Waals surface area contributed by atoms with Crippen molar-refractivity contribution in [3.63, 3.8) is 0 Å². The fourth-order valence-electron chi connectivity index (χ4n) is 4.98. The predicted molar refractivity (Wildman–Crippen MR) is 148 cm³/mol. The minimum absolute atomic E-state index is 0.161. The van der Waals surface area contributed by atoms with Crippen LogP contribution in [0.15, 0.2) is 36.4 Å². The van der Waals surface area contributed by atoms with Gasteiger partial charge in [0.1, 0.15) is 0 Å². The number of rotatable bonds is 12. The Morgan fingerprint density at radius 2 is 1.22 bits per heavy atom. The summed E-state index contributed by atoms with van der Waals surface area (Å²) >= 11 is -2.11. The third-order valence-electron chi connectivity index (χ3n) is 6.92. The first kappa shape index (κ1) is 27.9. The zero-order valence-corrected chi connectivity index (χ0v) is 27.9. The molecule has 2 unspecified atom stereocenters. The van der Waals surface area contributed by atoms with E-state index in [0.717, 1.165) is 60.2 Å². The number of fused-ring (bicyclic) bond motifs is 2. The van der Waals surface area contributed by atoms with Crippen molar-refractivity contribution in [2.24, 2.45) is 0 Å². The number of ether oxygens (including phenoxy) is 4. The number of ketones is 1. The van der Waals surface area contributed by atoms with Crippen LogP contribution in [-0.2, 0) is 4.79 Å². The summed E-state index contributed by atoms with van der Waals surface area (Å²) in [5.74, 6) is 3.19. The van der Waals surface area contributed by atoms with Gasteiger partial charge in [0.25, 0.3) is 0 Å². The molecule has 2 atom stereocenters. The minimum atomic E-state index is -1.05. The predicted octanol–water partition coefficient (Wildman–Crippen LogP) is 6.73. The van der Waals surface area contributed by atoms with Gasteiger partial charge in [0.05, 0.1) is 0 Å². The van der Waals surface area contributed by atoms with Crippen LogP contribution in [0.3, 0.4) is 0 Å². The molecule has 0 bridgehead atoms. The van der Waals surface area contributed by atoms with Gasteiger partial charge in [-0.2, -0.15) is 0 Å². The number of carbonyl (C=O) groups is 1. The van der Waals surface area contributed by atoms with Crippen LogP contribution in [0.5, 0.6) is 23.0 Å². The van der Waals surface area contributed by atoms with E-state index in [2.05, 4.69) is 19.8 Å². The van der Waals surface area contributed by atoms with E-state index in [0.29, 0.717) is 26.1 Å². The summed E-state index contributed by atoms with van der Waals surface area (Å²) in [6.45, 7) is 2.60. The molecule has 2 aliphatic rings. The molecule has 7 heteroatoms. The fraction of sp³-hybridized carbons (Fsp3) is 0.552. The van der Waals surface area contributed by atoms with Gasteiger partial charge >= 0.3 is 232 Å². The number of hydrogen-bond acceptors (Lipinski definition) is 5. The Labute approximate surface area is 230 Å². The Kier molecular flexibility index (Phi) is 10.6. The van der Waals surface area contributed by atoms with Crippen LogP contribution < -0.4 is 18.9 Å². The molecule has 2 radical (unpaired) electrons. The molecule has 0 aromatic heterocycles. The van der Waals surface area contributed by atoms with Gasteiger partial charge < -0.3 is 0 Å². The summed E-state index contributed by atoms with van der Waals surface area (Å²) in [7, 11) is 0. The standard InChI is InChI=1S/C25H28O5.4CH3.2Sn/c1-3-11-27-17-5-7-19-21(9-13-29-23(19)15-17)25(26)22-10-14-30-24-16-18(28-12-4-2)6-8-20(22)24;;;;;;/h5-8,15-16,21-22H,1-4,9-14H2;4*1H3;;. The van der Waals surface area contributed by atoms with Crippen molar-refractivity contribution in [1.29, 1.82) is 0 Å². The topological polar surface area (TPSA) is 54.0 Å². The Bertz CT molecular complexity index is 943. The average Bonchev–Trinajstić information content (AvgIpc) is 2.87. The van der Waals surface area contributed by atoms with Gasteiger partial charge in [-0.05, 0) is 0 Å². The van der Waals surface area contributed by atoms with Gasteiger partial charge in [0.2, 0.25) is 0 Å². The molecule has 0 N–H and O–H groups in total. The average molecular weight is 706 g/mol. The van der Waals surface area contributed by atoms with Gasteiger partial charge in [-0.1, -0.05) is 0 Å². The Morgan fingerprint density at radius 3 is 1.64 bits per heavy atom. The summed E-state index contributed by atoms with van der Waals surface area (Å²) in [5, 5.41) is 0. The van der Waals surface area contributed by atoms with E-state index in [4.69, 9.17) is 18.9 Å². The van der Waals surface area contributed by atoms with Gasteiger partial charge in [-0.15, -0.1) is 0 Å². The summed E-state index contributed by atoms with van der Waals surface area (Å²) in [5.41, 5.74) is 1.97. The third-order valence-corrected chi connectivity index (χ3v) is 14.6. The van der Waals surface area contributed by atoms with Crippen LogP contribution >= 0.6 is 0 Å². The fourth-order valence-corrected chi connectivity index (χ4v) is 9.84. The molecular formula is C29H40O5Sn2. The monoisotopic (exact) mass is 708 g/mol. The molecule has 4 rings (SSSR count). The SMILES string of the molecule is [CH3][Sn]([CH3])[CH2]CCOc1ccc2c(c1)OCCC2C(=O)C1CCOc2cc(OCC[CH2][Sn]([CH3])[CH3])ccc21. The van der Waals surface area contributed by atoms with E-state index in [1.807, 2.05) is 36.4 Å². The normalized spacial score (nSPS) is 18.7. The van der Waals surface area contributed by atoms with Crippen LogP contribution in [0.1, 0.15) is 48.6 Å². The van der Waals surface area contributed by atoms with E-state index in [-0.39, 0.29) is 17.6 Å². The van der Waals surface area contributed by atoms with Crippen molar-refractivity contribution in [1.82, 2.24) is 0 Å². The number of hydrogen-bond donors (Lipinski definition) is 0. The zero-order chi connectivity index (χ0) is 25.5. The van der Waals surface area contributed by atoms with Crippen molar-refractivity contribution in [2.75, 3.05) is 26.4 Å². The molecule has 2 heterocycles. The Hall–Kier alpha value is -1.09. The van der Waals surface area contributed by atoms with Gasteiger partial charge in [-0.25, -0.2) is 0 Å². The van der Waals surface area contributed by atoms with Crippen LogP contribution in [0, 0.1) is 0 Å². The maximum absolute atomic E-state index is 13.8. The van der Waals surface area contributed by atoms with Crippen LogP contribution in [0.4, 0.5) is 0 Å². The molecule has 0 fully saturated rings. The van der Waals surface area contributed by atoms with Crippen LogP contribution in [0.25, 0.3) is 0 Å². The molecule has 2 aliphatic heterocycles. The first-order valence-corrected chi connectivity index (χ1v) is 28.8. The van der Waals surface area contributed by atoms with Gasteiger partial charge in [0, 0.05) is 0 Å². The van der Waals surface area contributed by atoms with E-state index >= 15 is 0 Å². The molecule has 2 aromatic carbocycles. The van der Waals surface area contributed by atoms with E-state index in [1.54, 1.807) is 0 Å². The number of carbonyl (C=O) groups excluding carboxylic acids is 1. The van der Waals surface area contributed by atoms with E-state index in [9.17, 15) is 4.79 Å². The molecule has 0 spiro atoms. The van der Waals surface area contributed by atoms with Crippen LogP contribution in [0.2, 0.25) is 28.6 Å². The Balaban J connectivity index is 1.42. The van der Waals surface area contributed by atoms with Crippen molar-refractivity contribution >= 4 is 45.3 Å². The molecule has 36 heavy (non-hydrogen) atoms. The van der Waals surface area contributed by atoms with Gasteiger partial charge in [0.15, 0.2) is 0 Å². The number of Topliss-reactive ketones (excluding diaryl/α,β-unsaturated/α-hetero) is 1. The van der Waals surface area contributed by atoms with Gasteiger partial charge in [-0.3, -0.25) is 0 Å². The molecule has 2 aromatic rings. The maximum atomic E-state index is 13.8. The van der Waals surface area contributed by atoms with E-state index < -0.39 is 39.5 Å². The second-order valence-electron chi connectivity index (χ2n) is 10.5.